The van der Waals surface area contributed by atoms with Gasteiger partial charge in [0.25, 0.3) is 0 Å². The molecule has 0 aliphatic carbocycles. The summed E-state index contributed by atoms with van der Waals surface area (Å²) in [7, 11) is 0. The van der Waals surface area contributed by atoms with Crippen LogP contribution in [0.1, 0.15) is 37.7 Å². The predicted octanol–water partition coefficient (Wildman–Crippen LogP) is 2.43. The van der Waals surface area contributed by atoms with Crippen molar-refractivity contribution in [3.8, 4) is 0 Å². The van der Waals surface area contributed by atoms with Crippen LogP contribution >= 0.6 is 0 Å². The fourth-order valence-electron chi connectivity index (χ4n) is 1.82. The van der Waals surface area contributed by atoms with Gasteiger partial charge in [-0.3, -0.25) is 4.79 Å². The summed E-state index contributed by atoms with van der Waals surface area (Å²) in [5, 5.41) is 11.5. The van der Waals surface area contributed by atoms with Crippen molar-refractivity contribution in [1.82, 2.24) is 5.32 Å². The Labute approximate surface area is 113 Å². The Hall–Kier alpha value is -1.42. The summed E-state index contributed by atoms with van der Waals surface area (Å²) in [6, 6.07) is 6.23. The summed E-state index contributed by atoms with van der Waals surface area (Å²) >= 11 is 0. The highest BCUT2D eigenvalue weighted by atomic mass is 19.1. The lowest BCUT2D eigenvalue weighted by molar-refractivity contribution is -0.121. The van der Waals surface area contributed by atoms with Crippen LogP contribution in [-0.2, 0) is 11.2 Å². The van der Waals surface area contributed by atoms with Gasteiger partial charge in [0.2, 0.25) is 5.91 Å². The Kier molecular flexibility index (Phi) is 7.82. The van der Waals surface area contributed by atoms with Crippen LogP contribution in [0.15, 0.2) is 24.3 Å². The molecule has 106 valence electrons. The Morgan fingerprint density at radius 3 is 2.47 bits per heavy atom. The van der Waals surface area contributed by atoms with Crippen molar-refractivity contribution in [2.75, 3.05) is 13.2 Å². The monoisotopic (exact) mass is 267 g/mol. The number of unbranched alkanes of at least 4 members (excludes halogenated alkanes) is 3. The minimum atomic E-state index is -0.254. The molecule has 0 aliphatic heterocycles. The summed E-state index contributed by atoms with van der Waals surface area (Å²) in [6.07, 6.45) is 4.88. The van der Waals surface area contributed by atoms with E-state index in [1.54, 1.807) is 12.1 Å². The maximum atomic E-state index is 12.7. The number of halogens is 1. The molecule has 0 saturated heterocycles. The van der Waals surface area contributed by atoms with Crippen molar-refractivity contribution < 1.29 is 14.3 Å². The van der Waals surface area contributed by atoms with Gasteiger partial charge in [-0.05, 0) is 37.0 Å². The number of rotatable bonds is 9. The Balaban J connectivity index is 2.06. The molecule has 19 heavy (non-hydrogen) atoms. The van der Waals surface area contributed by atoms with E-state index in [4.69, 9.17) is 5.11 Å². The van der Waals surface area contributed by atoms with Gasteiger partial charge in [0.05, 0.1) is 0 Å². The van der Waals surface area contributed by atoms with Gasteiger partial charge in [-0.15, -0.1) is 0 Å². The third-order valence-electron chi connectivity index (χ3n) is 2.96. The fourth-order valence-corrected chi connectivity index (χ4v) is 1.82. The molecule has 0 spiro atoms. The van der Waals surface area contributed by atoms with E-state index in [-0.39, 0.29) is 18.3 Å². The van der Waals surface area contributed by atoms with E-state index in [9.17, 15) is 9.18 Å². The molecular formula is C15H22FNO2. The average Bonchev–Trinajstić information content (AvgIpc) is 2.42. The number of carbonyl (C=O) groups is 1. The molecule has 0 aromatic heterocycles. The van der Waals surface area contributed by atoms with Gasteiger partial charge in [-0.25, -0.2) is 4.39 Å². The minimum Gasteiger partial charge on any atom is -0.396 e. The van der Waals surface area contributed by atoms with Crippen LogP contribution in [0.4, 0.5) is 4.39 Å². The van der Waals surface area contributed by atoms with E-state index in [1.165, 1.54) is 12.1 Å². The Morgan fingerprint density at radius 2 is 1.79 bits per heavy atom. The molecule has 0 heterocycles. The van der Waals surface area contributed by atoms with Crippen LogP contribution in [0.5, 0.6) is 0 Å². The highest BCUT2D eigenvalue weighted by molar-refractivity contribution is 5.76. The number of benzene rings is 1. The highest BCUT2D eigenvalue weighted by Crippen LogP contribution is 2.05. The number of hydrogen-bond acceptors (Lipinski definition) is 2. The number of aliphatic hydroxyl groups excluding tert-OH is 1. The van der Waals surface area contributed by atoms with Gasteiger partial charge in [0.15, 0.2) is 0 Å². The molecule has 2 N–H and O–H groups in total. The van der Waals surface area contributed by atoms with E-state index in [1.807, 2.05) is 0 Å². The molecule has 1 aromatic carbocycles. The quantitative estimate of drug-likeness (QED) is 0.675. The normalized spacial score (nSPS) is 10.4. The zero-order chi connectivity index (χ0) is 13.9. The largest absolute Gasteiger partial charge is 0.396 e. The Morgan fingerprint density at radius 1 is 1.11 bits per heavy atom. The third kappa shape index (κ3) is 7.57. The third-order valence-corrected chi connectivity index (χ3v) is 2.96. The summed E-state index contributed by atoms with van der Waals surface area (Å²) in [6.45, 7) is 0.928. The summed E-state index contributed by atoms with van der Waals surface area (Å²) in [5.74, 6) is -0.220. The molecule has 4 heteroatoms. The summed E-state index contributed by atoms with van der Waals surface area (Å²) in [5.41, 5.74) is 0.972. The molecule has 0 saturated carbocycles. The lowest BCUT2D eigenvalue weighted by Gasteiger charge is -2.05. The van der Waals surface area contributed by atoms with Crippen LogP contribution in [0.3, 0.4) is 0 Å². The molecule has 1 amide bonds. The first-order valence-electron chi connectivity index (χ1n) is 6.84. The standard InChI is InChI=1S/C15H22FNO2/c16-14-8-5-13(6-9-14)7-10-15(19)17-11-3-1-2-4-12-18/h5-6,8-9,18H,1-4,7,10-12H2,(H,17,19). The zero-order valence-electron chi connectivity index (χ0n) is 11.2. The van der Waals surface area contributed by atoms with E-state index in [0.717, 1.165) is 31.2 Å². The van der Waals surface area contributed by atoms with Crippen LogP contribution < -0.4 is 5.32 Å². The number of nitrogens with one attached hydrogen (secondary N) is 1. The van der Waals surface area contributed by atoms with E-state index in [2.05, 4.69) is 5.32 Å². The second kappa shape index (κ2) is 9.50. The molecule has 0 fully saturated rings. The number of aliphatic hydroxyl groups is 1. The maximum absolute atomic E-state index is 12.7. The summed E-state index contributed by atoms with van der Waals surface area (Å²) in [4.78, 5) is 11.5. The zero-order valence-corrected chi connectivity index (χ0v) is 11.2. The molecular weight excluding hydrogens is 245 g/mol. The molecule has 0 unspecified atom stereocenters. The molecule has 0 aliphatic rings. The first-order valence-corrected chi connectivity index (χ1v) is 6.84. The van der Waals surface area contributed by atoms with Gasteiger partial charge < -0.3 is 10.4 Å². The Bertz CT molecular complexity index is 365. The topological polar surface area (TPSA) is 49.3 Å². The van der Waals surface area contributed by atoms with Crippen molar-refractivity contribution in [3.63, 3.8) is 0 Å². The van der Waals surface area contributed by atoms with Crippen molar-refractivity contribution in [2.45, 2.75) is 38.5 Å². The van der Waals surface area contributed by atoms with Crippen molar-refractivity contribution in [2.24, 2.45) is 0 Å². The van der Waals surface area contributed by atoms with Gasteiger partial charge in [-0.2, -0.15) is 0 Å². The molecule has 3 nitrogen and oxygen atoms in total. The number of hydrogen-bond donors (Lipinski definition) is 2. The van der Waals surface area contributed by atoms with E-state index in [0.29, 0.717) is 19.4 Å². The van der Waals surface area contributed by atoms with Crippen molar-refractivity contribution in [3.05, 3.63) is 35.6 Å². The minimum absolute atomic E-state index is 0.0338. The molecule has 0 bridgehead atoms. The van der Waals surface area contributed by atoms with E-state index < -0.39 is 0 Å². The smallest absolute Gasteiger partial charge is 0.220 e. The highest BCUT2D eigenvalue weighted by Gasteiger charge is 2.02. The lowest BCUT2D eigenvalue weighted by atomic mass is 10.1. The lowest BCUT2D eigenvalue weighted by Crippen LogP contribution is -2.24. The molecule has 1 rings (SSSR count). The number of aryl methyl sites for hydroxylation is 1. The van der Waals surface area contributed by atoms with Crippen LogP contribution in [0, 0.1) is 5.82 Å². The molecule has 1 aromatic rings. The first-order chi connectivity index (χ1) is 9.22. The SMILES string of the molecule is O=C(CCc1ccc(F)cc1)NCCCCCCO. The van der Waals surface area contributed by atoms with Crippen molar-refractivity contribution >= 4 is 5.91 Å². The number of carbonyl (C=O) groups excluding carboxylic acids is 1. The summed E-state index contributed by atoms with van der Waals surface area (Å²) < 4.78 is 12.7. The average molecular weight is 267 g/mol. The van der Waals surface area contributed by atoms with Crippen LogP contribution in [-0.4, -0.2) is 24.2 Å². The van der Waals surface area contributed by atoms with Crippen LogP contribution in [0.25, 0.3) is 0 Å². The molecule has 0 radical (unpaired) electrons. The first kappa shape index (κ1) is 15.6. The van der Waals surface area contributed by atoms with Gasteiger partial charge in [0, 0.05) is 19.6 Å². The fraction of sp³-hybridized carbons (Fsp3) is 0.533. The van der Waals surface area contributed by atoms with Crippen LogP contribution in [0.2, 0.25) is 0 Å². The molecule has 0 atom stereocenters. The second-order valence-electron chi connectivity index (χ2n) is 4.61. The van der Waals surface area contributed by atoms with Gasteiger partial charge in [-0.1, -0.05) is 25.0 Å². The number of amides is 1. The maximum Gasteiger partial charge on any atom is 0.220 e. The van der Waals surface area contributed by atoms with Crippen molar-refractivity contribution in [1.29, 1.82) is 0 Å². The predicted molar refractivity (Wildman–Crippen MR) is 73.3 cm³/mol. The van der Waals surface area contributed by atoms with E-state index >= 15 is 0 Å². The van der Waals surface area contributed by atoms with Gasteiger partial charge in [0.1, 0.15) is 5.82 Å². The van der Waals surface area contributed by atoms with Gasteiger partial charge >= 0.3 is 0 Å². The second-order valence-corrected chi connectivity index (χ2v) is 4.61.